The molecule has 0 fully saturated rings. The van der Waals surface area contributed by atoms with Gasteiger partial charge in [-0.3, -0.25) is 0 Å². The molecule has 0 aliphatic rings. The van der Waals surface area contributed by atoms with Gasteiger partial charge in [0.2, 0.25) is 0 Å². The third kappa shape index (κ3) is 2.96. The Morgan fingerprint density at radius 1 is 1.14 bits per heavy atom. The molecule has 14 heavy (non-hydrogen) atoms. The minimum Gasteiger partial charge on any atom is -0.336 e. The van der Waals surface area contributed by atoms with Gasteiger partial charge in [-0.05, 0) is 16.8 Å². The molecule has 0 aliphatic heterocycles. The molecule has 0 radical (unpaired) electrons. The molecule has 0 saturated heterocycles. The summed E-state index contributed by atoms with van der Waals surface area (Å²) in [7, 11) is -1.03. The van der Waals surface area contributed by atoms with Crippen LogP contribution in [0.1, 0.15) is 27.7 Å². The van der Waals surface area contributed by atoms with Crippen LogP contribution in [-0.4, -0.2) is 15.5 Å². The van der Waals surface area contributed by atoms with E-state index in [0.29, 0.717) is 5.04 Å². The van der Waals surface area contributed by atoms with E-state index in [9.17, 15) is 0 Å². The third-order valence-electron chi connectivity index (χ3n) is 2.41. The molecule has 1 nitrogen and oxygen atoms in total. The Bertz CT molecular complexity index is 263. The highest BCUT2D eigenvalue weighted by Gasteiger charge is 2.26. The molecule has 0 aliphatic carbocycles. The van der Waals surface area contributed by atoms with Crippen molar-refractivity contribution in [3.8, 4) is 0 Å². The molecule has 1 rings (SSSR count). The van der Waals surface area contributed by atoms with Gasteiger partial charge in [-0.2, -0.15) is 0 Å². The second-order valence-electron chi connectivity index (χ2n) is 4.77. The van der Waals surface area contributed by atoms with Crippen molar-refractivity contribution >= 4 is 14.1 Å². The van der Waals surface area contributed by atoms with Crippen LogP contribution in [0.3, 0.4) is 0 Å². The van der Waals surface area contributed by atoms with Crippen molar-refractivity contribution in [1.82, 2.24) is 4.98 Å². The molecule has 0 aromatic heterocycles. The van der Waals surface area contributed by atoms with E-state index in [0.717, 1.165) is 6.54 Å². The van der Waals surface area contributed by atoms with Crippen molar-refractivity contribution in [2.24, 2.45) is 0 Å². The van der Waals surface area contributed by atoms with Gasteiger partial charge in [-0.1, -0.05) is 58.0 Å². The summed E-state index contributed by atoms with van der Waals surface area (Å²) in [6, 6.07) is 10.9. The lowest BCUT2D eigenvalue weighted by atomic mass is 10.2. The van der Waals surface area contributed by atoms with E-state index in [-0.39, 0.29) is 0 Å². The smallest absolute Gasteiger partial charge is 0.146 e. The van der Waals surface area contributed by atoms with Crippen LogP contribution in [0.4, 0.5) is 0 Å². The van der Waals surface area contributed by atoms with Crippen LogP contribution in [-0.2, 0) is 0 Å². The monoisotopic (exact) mass is 207 g/mol. The fourth-order valence-corrected chi connectivity index (χ4v) is 4.64. The molecule has 0 bridgehead atoms. The number of hydrogen-bond acceptors (Lipinski definition) is 1. The topological polar surface area (TPSA) is 12.0 Å². The quantitative estimate of drug-likeness (QED) is 0.748. The highest BCUT2D eigenvalue weighted by Crippen LogP contribution is 2.24. The maximum Gasteiger partial charge on any atom is 0.146 e. The van der Waals surface area contributed by atoms with Crippen LogP contribution < -0.4 is 10.2 Å². The molecule has 1 atom stereocenters. The van der Waals surface area contributed by atoms with Crippen LogP contribution >= 0.6 is 0 Å². The van der Waals surface area contributed by atoms with Crippen LogP contribution in [0.5, 0.6) is 0 Å². The van der Waals surface area contributed by atoms with E-state index in [4.69, 9.17) is 0 Å². The Morgan fingerprint density at radius 2 is 1.71 bits per heavy atom. The van der Waals surface area contributed by atoms with Gasteiger partial charge < -0.3 is 4.98 Å². The molecule has 1 aromatic rings. The largest absolute Gasteiger partial charge is 0.336 e. The van der Waals surface area contributed by atoms with Gasteiger partial charge in [0.1, 0.15) is 8.96 Å². The zero-order valence-electron chi connectivity index (χ0n) is 9.67. The lowest BCUT2D eigenvalue weighted by Crippen LogP contribution is -2.51. The fourth-order valence-electron chi connectivity index (χ4n) is 1.77. The molecular formula is C12H21NSi. The Kier molecular flexibility index (Phi) is 3.90. The van der Waals surface area contributed by atoms with E-state index in [1.807, 2.05) is 0 Å². The SMILES string of the molecule is CCN[SiH](c1ccccc1)C(C)(C)C. The first-order chi connectivity index (χ1) is 6.55. The van der Waals surface area contributed by atoms with Crippen molar-refractivity contribution in [2.75, 3.05) is 6.54 Å². The maximum atomic E-state index is 3.68. The van der Waals surface area contributed by atoms with Crippen LogP contribution in [0.15, 0.2) is 30.3 Å². The van der Waals surface area contributed by atoms with Gasteiger partial charge in [-0.15, -0.1) is 0 Å². The molecule has 78 valence electrons. The number of benzene rings is 1. The van der Waals surface area contributed by atoms with Crippen molar-refractivity contribution in [3.05, 3.63) is 30.3 Å². The first kappa shape index (κ1) is 11.5. The first-order valence-electron chi connectivity index (χ1n) is 5.34. The van der Waals surface area contributed by atoms with Crippen LogP contribution in [0.2, 0.25) is 5.04 Å². The standard InChI is InChI=1S/C12H21NSi/c1-5-13-14(12(2,3)4)11-9-7-6-8-10-11/h6-10,13-14H,5H2,1-4H3. The lowest BCUT2D eigenvalue weighted by Gasteiger charge is -2.30. The molecule has 0 spiro atoms. The summed E-state index contributed by atoms with van der Waals surface area (Å²) in [6.07, 6.45) is 0. The Hall–Kier alpha value is -0.603. The highest BCUT2D eigenvalue weighted by molar-refractivity contribution is 6.73. The first-order valence-corrected chi connectivity index (χ1v) is 7.07. The van der Waals surface area contributed by atoms with Gasteiger partial charge in [0, 0.05) is 0 Å². The normalized spacial score (nSPS) is 14.0. The molecule has 1 aromatic carbocycles. The summed E-state index contributed by atoms with van der Waals surface area (Å²) >= 11 is 0. The Balaban J connectivity index is 2.89. The Morgan fingerprint density at radius 3 is 2.14 bits per heavy atom. The van der Waals surface area contributed by atoms with Crippen LogP contribution in [0, 0.1) is 0 Å². The van der Waals surface area contributed by atoms with Crippen molar-refractivity contribution in [3.63, 3.8) is 0 Å². The number of rotatable bonds is 3. The predicted molar refractivity (Wildman–Crippen MR) is 66.6 cm³/mol. The molecule has 0 saturated carbocycles. The van der Waals surface area contributed by atoms with E-state index >= 15 is 0 Å². The van der Waals surface area contributed by atoms with Crippen molar-refractivity contribution in [1.29, 1.82) is 0 Å². The van der Waals surface area contributed by atoms with Crippen molar-refractivity contribution < 1.29 is 0 Å². The van der Waals surface area contributed by atoms with Gasteiger partial charge in [0.05, 0.1) is 0 Å². The van der Waals surface area contributed by atoms with E-state index in [1.165, 1.54) is 5.19 Å². The summed E-state index contributed by atoms with van der Waals surface area (Å²) < 4.78 is 0. The summed E-state index contributed by atoms with van der Waals surface area (Å²) in [5.41, 5.74) is 0. The minimum absolute atomic E-state index is 0.400. The lowest BCUT2D eigenvalue weighted by molar-refractivity contribution is 0.719. The Labute approximate surface area is 89.2 Å². The molecule has 2 heteroatoms. The summed E-state index contributed by atoms with van der Waals surface area (Å²) in [4.78, 5) is 3.68. The summed E-state index contributed by atoms with van der Waals surface area (Å²) in [6.45, 7) is 10.3. The van der Waals surface area contributed by atoms with E-state index in [2.05, 4.69) is 63.0 Å². The summed E-state index contributed by atoms with van der Waals surface area (Å²) in [5, 5.41) is 1.92. The fraction of sp³-hybridized carbons (Fsp3) is 0.500. The molecule has 0 amide bonds. The maximum absolute atomic E-state index is 3.68. The average Bonchev–Trinajstić information content (AvgIpc) is 2.14. The molecule has 1 N–H and O–H groups in total. The zero-order chi connectivity index (χ0) is 10.6. The van der Waals surface area contributed by atoms with Crippen LogP contribution in [0.25, 0.3) is 0 Å². The predicted octanol–water partition coefficient (Wildman–Crippen LogP) is 2.03. The number of hydrogen-bond donors (Lipinski definition) is 1. The summed E-state index contributed by atoms with van der Waals surface area (Å²) in [5.74, 6) is 0. The van der Waals surface area contributed by atoms with Gasteiger partial charge in [0.25, 0.3) is 0 Å². The zero-order valence-corrected chi connectivity index (χ0v) is 10.8. The minimum atomic E-state index is -1.03. The second kappa shape index (κ2) is 4.76. The number of nitrogens with one attached hydrogen (secondary N) is 1. The third-order valence-corrected chi connectivity index (χ3v) is 6.01. The second-order valence-corrected chi connectivity index (χ2v) is 8.44. The van der Waals surface area contributed by atoms with Crippen molar-refractivity contribution in [2.45, 2.75) is 32.7 Å². The molecule has 0 heterocycles. The van der Waals surface area contributed by atoms with Gasteiger partial charge in [0.15, 0.2) is 0 Å². The van der Waals surface area contributed by atoms with E-state index in [1.54, 1.807) is 0 Å². The molecule has 1 unspecified atom stereocenters. The highest BCUT2D eigenvalue weighted by atomic mass is 28.3. The molecular weight excluding hydrogens is 186 g/mol. The average molecular weight is 207 g/mol. The van der Waals surface area contributed by atoms with Gasteiger partial charge >= 0.3 is 0 Å². The van der Waals surface area contributed by atoms with E-state index < -0.39 is 8.96 Å². The van der Waals surface area contributed by atoms with Gasteiger partial charge in [-0.25, -0.2) is 0 Å².